The number of aromatic nitrogens is 2. The molecule has 8 nitrogen and oxygen atoms in total. The number of nitrogens with zero attached hydrogens (tertiary/aromatic N) is 2. The molecule has 0 spiro atoms. The van der Waals surface area contributed by atoms with Gasteiger partial charge in [-0.15, -0.1) is 5.10 Å². The van der Waals surface area contributed by atoms with Gasteiger partial charge in [0.1, 0.15) is 6.61 Å². The largest absolute Gasteiger partial charge is 0.445 e. The minimum atomic E-state index is -0.584. The quantitative estimate of drug-likeness (QED) is 0.576. The average molecular weight is 463 g/mol. The third-order valence-corrected chi connectivity index (χ3v) is 5.41. The van der Waals surface area contributed by atoms with Crippen molar-refractivity contribution < 1.29 is 13.9 Å². The summed E-state index contributed by atoms with van der Waals surface area (Å²) in [5, 5.41) is 10.5. The first-order valence-corrected chi connectivity index (χ1v) is 10.5. The number of benzene rings is 2. The van der Waals surface area contributed by atoms with E-state index < -0.39 is 5.76 Å². The lowest BCUT2D eigenvalue weighted by molar-refractivity contribution is 0.0882. The second kappa shape index (κ2) is 9.45. The molecule has 0 saturated carbocycles. The number of hydrogen-bond donors (Lipinski definition) is 2. The molecule has 1 fully saturated rings. The zero-order valence-corrected chi connectivity index (χ0v) is 17.9. The van der Waals surface area contributed by atoms with Crippen molar-refractivity contribution >= 4 is 35.0 Å². The number of halogens is 2. The lowest BCUT2D eigenvalue weighted by Gasteiger charge is -2.32. The van der Waals surface area contributed by atoms with Crippen molar-refractivity contribution in [1.82, 2.24) is 15.1 Å². The summed E-state index contributed by atoms with van der Waals surface area (Å²) in [7, 11) is 0. The summed E-state index contributed by atoms with van der Waals surface area (Å²) in [6.07, 6.45) is 1.25. The molecule has 0 atom stereocenters. The molecular formula is C21H20Cl2N4O4. The molecule has 2 heterocycles. The fraction of sp³-hybridized carbons (Fsp3) is 0.286. The van der Waals surface area contributed by atoms with Gasteiger partial charge in [0.15, 0.2) is 0 Å². The van der Waals surface area contributed by atoms with E-state index in [9.17, 15) is 9.59 Å². The van der Waals surface area contributed by atoms with Crippen LogP contribution in [0.25, 0.3) is 11.5 Å². The molecule has 2 N–H and O–H groups in total. The maximum absolute atomic E-state index is 12.4. The molecule has 0 radical (unpaired) electrons. The van der Waals surface area contributed by atoms with Gasteiger partial charge in [0.05, 0.1) is 0 Å². The second-order valence-electron chi connectivity index (χ2n) is 7.23. The van der Waals surface area contributed by atoms with Gasteiger partial charge in [-0.2, -0.15) is 0 Å². The molecule has 162 valence electrons. The van der Waals surface area contributed by atoms with Gasteiger partial charge in [-0.3, -0.25) is 0 Å². The number of nitrogens with one attached hydrogen (secondary N) is 2. The van der Waals surface area contributed by atoms with Gasteiger partial charge in [0, 0.05) is 40.4 Å². The van der Waals surface area contributed by atoms with E-state index in [1.54, 1.807) is 23.1 Å². The lowest BCUT2D eigenvalue weighted by atomic mass is 10.0. The van der Waals surface area contributed by atoms with Crippen molar-refractivity contribution in [2.24, 2.45) is 0 Å². The van der Waals surface area contributed by atoms with E-state index in [-0.39, 0.29) is 24.6 Å². The van der Waals surface area contributed by atoms with Crippen LogP contribution >= 0.6 is 23.2 Å². The summed E-state index contributed by atoms with van der Waals surface area (Å²) in [6.45, 7) is 1.33. The van der Waals surface area contributed by atoms with Crippen LogP contribution in [0.4, 0.5) is 10.5 Å². The van der Waals surface area contributed by atoms with E-state index in [1.807, 2.05) is 24.3 Å². The Hall–Kier alpha value is -2.97. The summed E-state index contributed by atoms with van der Waals surface area (Å²) in [5.41, 5.74) is 2.41. The molecular weight excluding hydrogens is 443 g/mol. The smallest absolute Gasteiger partial charge is 0.434 e. The fourth-order valence-corrected chi connectivity index (χ4v) is 4.01. The molecule has 1 saturated heterocycles. The molecule has 0 unspecified atom stereocenters. The number of aromatic amines is 1. The average Bonchev–Trinajstić information content (AvgIpc) is 3.19. The maximum Gasteiger partial charge on any atom is 0.434 e. The van der Waals surface area contributed by atoms with E-state index in [0.717, 1.165) is 24.1 Å². The Morgan fingerprint density at radius 2 is 1.84 bits per heavy atom. The topological polar surface area (TPSA) is 100 Å². The molecule has 10 heteroatoms. The zero-order valence-electron chi connectivity index (χ0n) is 16.4. The van der Waals surface area contributed by atoms with E-state index in [2.05, 4.69) is 15.5 Å². The highest BCUT2D eigenvalue weighted by Gasteiger charge is 2.24. The van der Waals surface area contributed by atoms with Gasteiger partial charge in [-0.05, 0) is 60.9 Å². The van der Waals surface area contributed by atoms with Crippen molar-refractivity contribution in [2.45, 2.75) is 25.5 Å². The molecule has 1 aliphatic heterocycles. The summed E-state index contributed by atoms with van der Waals surface area (Å²) in [4.78, 5) is 25.1. The van der Waals surface area contributed by atoms with Crippen molar-refractivity contribution in [3.8, 4) is 11.5 Å². The molecule has 1 amide bonds. The van der Waals surface area contributed by atoms with E-state index in [1.165, 1.54) is 0 Å². The van der Waals surface area contributed by atoms with Crippen LogP contribution in [0.15, 0.2) is 51.7 Å². The number of carbonyl (C=O) groups is 1. The number of piperidine rings is 1. The molecule has 2 aromatic carbocycles. The van der Waals surface area contributed by atoms with Crippen molar-refractivity contribution in [1.29, 1.82) is 0 Å². The Labute approximate surface area is 188 Å². The second-order valence-corrected chi connectivity index (χ2v) is 8.11. The number of anilines is 1. The molecule has 31 heavy (non-hydrogen) atoms. The predicted octanol–water partition coefficient (Wildman–Crippen LogP) is 4.55. The Kier molecular flexibility index (Phi) is 6.48. The number of rotatable bonds is 5. The molecule has 0 bridgehead atoms. The maximum atomic E-state index is 12.4. The Bertz CT molecular complexity index is 1080. The predicted molar refractivity (Wildman–Crippen MR) is 117 cm³/mol. The first-order chi connectivity index (χ1) is 15.0. The highest BCUT2D eigenvalue weighted by atomic mass is 35.5. The Morgan fingerprint density at radius 1 is 1.16 bits per heavy atom. The fourth-order valence-electron chi connectivity index (χ4n) is 3.44. The van der Waals surface area contributed by atoms with Crippen LogP contribution in [-0.4, -0.2) is 40.3 Å². The summed E-state index contributed by atoms with van der Waals surface area (Å²) < 4.78 is 10.3. The zero-order chi connectivity index (χ0) is 21.8. The van der Waals surface area contributed by atoms with Crippen LogP contribution in [0.2, 0.25) is 10.0 Å². The normalized spacial score (nSPS) is 14.5. The van der Waals surface area contributed by atoms with Crippen LogP contribution in [-0.2, 0) is 11.3 Å². The summed E-state index contributed by atoms with van der Waals surface area (Å²) >= 11 is 11.9. The van der Waals surface area contributed by atoms with E-state index >= 15 is 0 Å². The van der Waals surface area contributed by atoms with Gasteiger partial charge >= 0.3 is 11.8 Å². The number of likely N-dealkylation sites (tertiary alicyclic amines) is 1. The highest BCUT2D eigenvalue weighted by Crippen LogP contribution is 2.22. The molecule has 0 aliphatic carbocycles. The van der Waals surface area contributed by atoms with Gasteiger partial charge < -0.3 is 19.4 Å². The Balaban J connectivity index is 1.24. The highest BCUT2D eigenvalue weighted by molar-refractivity contribution is 6.34. The standard InChI is InChI=1S/C21H20Cl2N4O4/c22-15-9-13(10-16(23)11-15)12-30-21(29)27-7-5-18(6-8-27)24-17-3-1-14(2-4-17)19-25-26-20(28)31-19/h1-4,9-11,18,24H,5-8,12H2,(H,26,28). The monoisotopic (exact) mass is 462 g/mol. The van der Waals surface area contributed by atoms with Gasteiger partial charge in [-0.25, -0.2) is 14.7 Å². The molecule has 3 aromatic rings. The number of carbonyl (C=O) groups excluding carboxylic acids is 1. The number of hydrogen-bond acceptors (Lipinski definition) is 6. The Morgan fingerprint density at radius 3 is 2.45 bits per heavy atom. The van der Waals surface area contributed by atoms with E-state index in [4.69, 9.17) is 32.4 Å². The molecule has 4 rings (SSSR count). The van der Waals surface area contributed by atoms with Crippen molar-refractivity contribution in [2.75, 3.05) is 18.4 Å². The van der Waals surface area contributed by atoms with Gasteiger partial charge in [0.2, 0.25) is 5.89 Å². The molecule has 1 aliphatic rings. The van der Waals surface area contributed by atoms with E-state index in [0.29, 0.717) is 28.7 Å². The third kappa shape index (κ3) is 5.59. The van der Waals surface area contributed by atoms with Gasteiger partial charge in [0.25, 0.3) is 0 Å². The number of amides is 1. The van der Waals surface area contributed by atoms with Crippen molar-refractivity contribution in [3.05, 3.63) is 68.6 Å². The van der Waals surface area contributed by atoms with Crippen LogP contribution in [0.3, 0.4) is 0 Å². The van der Waals surface area contributed by atoms with Gasteiger partial charge in [-0.1, -0.05) is 23.2 Å². The van der Waals surface area contributed by atoms with Crippen LogP contribution in [0.1, 0.15) is 18.4 Å². The van der Waals surface area contributed by atoms with Crippen LogP contribution in [0, 0.1) is 0 Å². The summed E-state index contributed by atoms with van der Waals surface area (Å²) in [6, 6.07) is 12.8. The minimum absolute atomic E-state index is 0.125. The molecule has 1 aromatic heterocycles. The minimum Gasteiger partial charge on any atom is -0.445 e. The summed E-state index contributed by atoms with van der Waals surface area (Å²) in [5.74, 6) is -0.331. The van der Waals surface area contributed by atoms with Crippen molar-refractivity contribution in [3.63, 3.8) is 0 Å². The van der Waals surface area contributed by atoms with Crippen LogP contribution < -0.4 is 11.1 Å². The SMILES string of the molecule is O=C(OCc1cc(Cl)cc(Cl)c1)N1CCC(Nc2ccc(-c3n[nH]c(=O)o3)cc2)CC1. The number of ether oxygens (including phenoxy) is 1. The third-order valence-electron chi connectivity index (χ3n) is 4.98. The number of H-pyrrole nitrogens is 1. The first-order valence-electron chi connectivity index (χ1n) is 9.75. The van der Waals surface area contributed by atoms with Crippen LogP contribution in [0.5, 0.6) is 0 Å². The first kappa shape index (κ1) is 21.3. The lowest BCUT2D eigenvalue weighted by Crippen LogP contribution is -2.42.